The van der Waals surface area contributed by atoms with Crippen molar-refractivity contribution in [3.63, 3.8) is 0 Å². The molecule has 1 aliphatic carbocycles. The van der Waals surface area contributed by atoms with Crippen molar-refractivity contribution in [2.75, 3.05) is 7.11 Å². The summed E-state index contributed by atoms with van der Waals surface area (Å²) in [5.41, 5.74) is 2.14. The van der Waals surface area contributed by atoms with Gasteiger partial charge in [0, 0.05) is 23.2 Å². The van der Waals surface area contributed by atoms with Crippen LogP contribution in [0.25, 0.3) is 11.3 Å². The van der Waals surface area contributed by atoms with Crippen LogP contribution in [0.2, 0.25) is 0 Å². The average molecular weight is 361 g/mol. The van der Waals surface area contributed by atoms with E-state index in [-0.39, 0.29) is 5.91 Å². The van der Waals surface area contributed by atoms with Crippen LogP contribution in [0.3, 0.4) is 0 Å². The first-order valence-corrected chi connectivity index (χ1v) is 8.76. The van der Waals surface area contributed by atoms with Gasteiger partial charge in [-0.3, -0.25) is 4.79 Å². The Morgan fingerprint density at radius 3 is 2.56 bits per heavy atom. The van der Waals surface area contributed by atoms with Crippen molar-refractivity contribution in [2.45, 2.75) is 18.9 Å². The van der Waals surface area contributed by atoms with Gasteiger partial charge in [-0.15, -0.1) is 0 Å². The molecule has 1 amide bonds. The van der Waals surface area contributed by atoms with Crippen molar-refractivity contribution in [1.82, 2.24) is 15.3 Å². The molecule has 6 nitrogen and oxygen atoms in total. The molecule has 0 saturated heterocycles. The van der Waals surface area contributed by atoms with Gasteiger partial charge < -0.3 is 14.8 Å². The van der Waals surface area contributed by atoms with Gasteiger partial charge >= 0.3 is 0 Å². The highest BCUT2D eigenvalue weighted by Gasteiger charge is 2.23. The summed E-state index contributed by atoms with van der Waals surface area (Å²) in [4.78, 5) is 20.7. The van der Waals surface area contributed by atoms with Crippen molar-refractivity contribution >= 4 is 5.91 Å². The molecule has 0 atom stereocenters. The third kappa shape index (κ3) is 4.23. The Bertz CT molecular complexity index is 953. The normalized spacial score (nSPS) is 13.1. The monoisotopic (exact) mass is 361 g/mol. The van der Waals surface area contributed by atoms with E-state index in [1.807, 2.05) is 42.5 Å². The molecule has 136 valence electrons. The van der Waals surface area contributed by atoms with E-state index in [9.17, 15) is 4.79 Å². The standard InChI is InChI=1S/C21H19N3O3/c1-26-17-7-9-18(10-8-17)27-20-12-19(22-13-23-20)14-3-2-4-15(11-14)21(25)24-16-5-6-16/h2-4,7-13,16H,5-6H2,1H3,(H,24,25). The summed E-state index contributed by atoms with van der Waals surface area (Å²) in [6.45, 7) is 0. The minimum atomic E-state index is -0.0527. The first-order chi connectivity index (χ1) is 13.2. The molecule has 1 N–H and O–H groups in total. The number of hydrogen-bond donors (Lipinski definition) is 1. The van der Waals surface area contributed by atoms with Gasteiger partial charge in [0.25, 0.3) is 5.91 Å². The molecular weight excluding hydrogens is 342 g/mol. The first kappa shape index (κ1) is 17.0. The highest BCUT2D eigenvalue weighted by atomic mass is 16.5. The Morgan fingerprint density at radius 1 is 1.04 bits per heavy atom. The maximum atomic E-state index is 12.3. The number of carbonyl (C=O) groups excluding carboxylic acids is 1. The van der Waals surface area contributed by atoms with E-state index in [0.29, 0.717) is 28.9 Å². The Kier molecular flexibility index (Phi) is 4.70. The second-order valence-electron chi connectivity index (χ2n) is 6.35. The summed E-state index contributed by atoms with van der Waals surface area (Å²) in [7, 11) is 1.62. The molecular formula is C21H19N3O3. The van der Waals surface area contributed by atoms with Crippen molar-refractivity contribution in [2.24, 2.45) is 0 Å². The van der Waals surface area contributed by atoms with E-state index >= 15 is 0 Å². The van der Waals surface area contributed by atoms with Crippen LogP contribution in [-0.2, 0) is 0 Å². The topological polar surface area (TPSA) is 73.3 Å². The minimum Gasteiger partial charge on any atom is -0.497 e. The number of ether oxygens (including phenoxy) is 2. The van der Waals surface area contributed by atoms with Gasteiger partial charge in [0.2, 0.25) is 5.88 Å². The molecule has 1 saturated carbocycles. The second kappa shape index (κ2) is 7.45. The average Bonchev–Trinajstić information content (AvgIpc) is 3.53. The number of aromatic nitrogens is 2. The molecule has 0 unspecified atom stereocenters. The number of nitrogens with one attached hydrogen (secondary N) is 1. The van der Waals surface area contributed by atoms with E-state index in [1.165, 1.54) is 6.33 Å². The maximum absolute atomic E-state index is 12.3. The van der Waals surface area contributed by atoms with Crippen molar-refractivity contribution in [1.29, 1.82) is 0 Å². The number of amides is 1. The third-order valence-corrected chi connectivity index (χ3v) is 4.26. The lowest BCUT2D eigenvalue weighted by Gasteiger charge is -2.08. The number of methoxy groups -OCH3 is 1. The molecule has 1 aromatic heterocycles. The largest absolute Gasteiger partial charge is 0.497 e. The summed E-state index contributed by atoms with van der Waals surface area (Å²) in [5, 5.41) is 3.00. The number of rotatable bonds is 6. The van der Waals surface area contributed by atoms with Gasteiger partial charge in [0.05, 0.1) is 12.8 Å². The summed E-state index contributed by atoms with van der Waals surface area (Å²) in [5.74, 6) is 1.78. The molecule has 6 heteroatoms. The van der Waals surface area contributed by atoms with Gasteiger partial charge in [-0.2, -0.15) is 0 Å². The predicted octanol–water partition coefficient (Wildman–Crippen LogP) is 3.84. The van der Waals surface area contributed by atoms with E-state index in [1.54, 1.807) is 19.2 Å². The Balaban J connectivity index is 1.53. The molecule has 0 radical (unpaired) electrons. The van der Waals surface area contributed by atoms with Crippen LogP contribution in [0.15, 0.2) is 60.9 Å². The summed E-state index contributed by atoms with van der Waals surface area (Å²) >= 11 is 0. The van der Waals surface area contributed by atoms with Crippen LogP contribution in [0, 0.1) is 0 Å². The third-order valence-electron chi connectivity index (χ3n) is 4.26. The molecule has 27 heavy (non-hydrogen) atoms. The summed E-state index contributed by atoms with van der Waals surface area (Å²) in [6, 6.07) is 16.7. The zero-order chi connectivity index (χ0) is 18.6. The lowest BCUT2D eigenvalue weighted by molar-refractivity contribution is 0.0951. The summed E-state index contributed by atoms with van der Waals surface area (Å²) in [6.07, 6.45) is 3.57. The zero-order valence-electron chi connectivity index (χ0n) is 14.9. The van der Waals surface area contributed by atoms with Gasteiger partial charge in [-0.25, -0.2) is 9.97 Å². The van der Waals surface area contributed by atoms with Crippen molar-refractivity contribution in [3.05, 3.63) is 66.5 Å². The van der Waals surface area contributed by atoms with E-state index in [0.717, 1.165) is 24.2 Å². The fraction of sp³-hybridized carbons (Fsp3) is 0.190. The van der Waals surface area contributed by atoms with Crippen LogP contribution in [0.1, 0.15) is 23.2 Å². The number of carbonyl (C=O) groups is 1. The number of benzene rings is 2. The minimum absolute atomic E-state index is 0.0527. The lowest BCUT2D eigenvalue weighted by Crippen LogP contribution is -2.25. The Labute approximate surface area is 157 Å². The first-order valence-electron chi connectivity index (χ1n) is 8.76. The van der Waals surface area contributed by atoms with Gasteiger partial charge in [-0.1, -0.05) is 12.1 Å². The van der Waals surface area contributed by atoms with Crippen LogP contribution in [-0.4, -0.2) is 29.0 Å². The quantitative estimate of drug-likeness (QED) is 0.722. The smallest absolute Gasteiger partial charge is 0.251 e. The molecule has 1 heterocycles. The number of nitrogens with zero attached hydrogens (tertiary/aromatic N) is 2. The summed E-state index contributed by atoms with van der Waals surface area (Å²) < 4.78 is 10.9. The van der Waals surface area contributed by atoms with Gasteiger partial charge in [-0.05, 0) is 49.2 Å². The molecule has 2 aromatic carbocycles. The van der Waals surface area contributed by atoms with Crippen LogP contribution >= 0.6 is 0 Å². The van der Waals surface area contributed by atoms with E-state index in [2.05, 4.69) is 15.3 Å². The highest BCUT2D eigenvalue weighted by molar-refractivity contribution is 5.95. The molecule has 4 rings (SSSR count). The van der Waals surface area contributed by atoms with Crippen molar-refractivity contribution in [3.8, 4) is 28.6 Å². The molecule has 1 aliphatic rings. The van der Waals surface area contributed by atoms with E-state index < -0.39 is 0 Å². The molecule has 0 spiro atoms. The Morgan fingerprint density at radius 2 is 1.81 bits per heavy atom. The fourth-order valence-corrected chi connectivity index (χ4v) is 2.63. The molecule has 1 fully saturated rings. The zero-order valence-corrected chi connectivity index (χ0v) is 14.9. The molecule has 0 aliphatic heterocycles. The second-order valence-corrected chi connectivity index (χ2v) is 6.35. The van der Waals surface area contributed by atoms with Crippen LogP contribution in [0.4, 0.5) is 0 Å². The van der Waals surface area contributed by atoms with Gasteiger partial charge in [0.1, 0.15) is 17.8 Å². The molecule has 0 bridgehead atoms. The van der Waals surface area contributed by atoms with E-state index in [4.69, 9.17) is 9.47 Å². The van der Waals surface area contributed by atoms with Crippen molar-refractivity contribution < 1.29 is 14.3 Å². The SMILES string of the molecule is COc1ccc(Oc2cc(-c3cccc(C(=O)NC4CC4)c3)ncn2)cc1. The maximum Gasteiger partial charge on any atom is 0.251 e. The van der Waals surface area contributed by atoms with Gasteiger partial charge in [0.15, 0.2) is 0 Å². The Hall–Kier alpha value is -3.41. The predicted molar refractivity (Wildman–Crippen MR) is 101 cm³/mol. The number of hydrogen-bond acceptors (Lipinski definition) is 5. The fourth-order valence-electron chi connectivity index (χ4n) is 2.63. The van der Waals surface area contributed by atoms with Crippen LogP contribution in [0.5, 0.6) is 17.4 Å². The highest BCUT2D eigenvalue weighted by Crippen LogP contribution is 2.26. The molecule has 3 aromatic rings. The van der Waals surface area contributed by atoms with Crippen LogP contribution < -0.4 is 14.8 Å². The lowest BCUT2D eigenvalue weighted by atomic mass is 10.1.